The van der Waals surface area contributed by atoms with Crippen LogP contribution in [0.4, 0.5) is 5.13 Å². The Morgan fingerprint density at radius 3 is 3.00 bits per heavy atom. The zero-order valence-corrected chi connectivity index (χ0v) is 13.0. The highest BCUT2D eigenvalue weighted by atomic mass is 32.1. The lowest BCUT2D eigenvalue weighted by atomic mass is 10.2. The summed E-state index contributed by atoms with van der Waals surface area (Å²) in [6.07, 6.45) is 1.69. The molecule has 1 aromatic carbocycles. The number of aryl methyl sites for hydroxylation is 1. The van der Waals surface area contributed by atoms with E-state index < -0.39 is 0 Å². The van der Waals surface area contributed by atoms with Gasteiger partial charge < -0.3 is 4.74 Å². The van der Waals surface area contributed by atoms with Crippen molar-refractivity contribution < 1.29 is 9.53 Å². The Kier molecular flexibility index (Phi) is 5.05. The summed E-state index contributed by atoms with van der Waals surface area (Å²) in [4.78, 5) is 16.3. The Morgan fingerprint density at radius 2 is 2.33 bits per heavy atom. The van der Waals surface area contributed by atoms with Crippen LogP contribution < -0.4 is 10.2 Å². The number of thiazole rings is 1. The molecule has 2 aromatic rings. The van der Waals surface area contributed by atoms with Gasteiger partial charge in [-0.05, 0) is 31.5 Å². The molecule has 2 rings (SSSR count). The molecule has 0 saturated heterocycles. The van der Waals surface area contributed by atoms with Crippen molar-refractivity contribution in [1.29, 1.82) is 0 Å². The smallest absolute Gasteiger partial charge is 0.204 e. The number of anilines is 1. The number of rotatable bonds is 6. The van der Waals surface area contributed by atoms with Crippen molar-refractivity contribution in [3.05, 3.63) is 40.4 Å². The molecule has 0 saturated carbocycles. The van der Waals surface area contributed by atoms with Crippen molar-refractivity contribution in [3.63, 3.8) is 0 Å². The van der Waals surface area contributed by atoms with Gasteiger partial charge in [0.15, 0.2) is 5.78 Å². The third-order valence-electron chi connectivity index (χ3n) is 2.66. The SMILES string of the molecule is CCOc1cccc(/C=N/Nc2nc(C)c(C(C)=O)s2)c1. The van der Waals surface area contributed by atoms with E-state index in [0.717, 1.165) is 17.0 Å². The minimum absolute atomic E-state index is 0.0199. The number of benzene rings is 1. The second-order valence-electron chi connectivity index (χ2n) is 4.37. The van der Waals surface area contributed by atoms with Crippen molar-refractivity contribution in [2.45, 2.75) is 20.8 Å². The summed E-state index contributed by atoms with van der Waals surface area (Å²) in [5.41, 5.74) is 4.49. The van der Waals surface area contributed by atoms with E-state index in [2.05, 4.69) is 15.5 Å². The second-order valence-corrected chi connectivity index (χ2v) is 5.36. The minimum Gasteiger partial charge on any atom is -0.494 e. The van der Waals surface area contributed by atoms with Crippen LogP contribution in [0.1, 0.15) is 34.8 Å². The number of carbonyl (C=O) groups is 1. The van der Waals surface area contributed by atoms with E-state index in [1.54, 1.807) is 6.21 Å². The number of nitrogens with one attached hydrogen (secondary N) is 1. The number of Topliss-reactive ketones (excluding diaryl/α,β-unsaturated/α-hetero) is 1. The quantitative estimate of drug-likeness (QED) is 0.504. The topological polar surface area (TPSA) is 63.6 Å². The zero-order chi connectivity index (χ0) is 15.2. The molecule has 110 valence electrons. The molecule has 0 fully saturated rings. The molecule has 0 amide bonds. The Morgan fingerprint density at radius 1 is 1.52 bits per heavy atom. The number of hydrogen-bond donors (Lipinski definition) is 1. The summed E-state index contributed by atoms with van der Waals surface area (Å²) in [6, 6.07) is 7.65. The molecule has 6 heteroatoms. The van der Waals surface area contributed by atoms with Crippen LogP contribution in [0.3, 0.4) is 0 Å². The van der Waals surface area contributed by atoms with E-state index in [1.165, 1.54) is 18.3 Å². The Hall–Kier alpha value is -2.21. The predicted octanol–water partition coefficient (Wildman–Crippen LogP) is 3.50. The minimum atomic E-state index is 0.0199. The van der Waals surface area contributed by atoms with E-state index >= 15 is 0 Å². The molecular formula is C15H17N3O2S. The maximum Gasteiger partial charge on any atom is 0.204 e. The summed E-state index contributed by atoms with van der Waals surface area (Å²) >= 11 is 1.30. The lowest BCUT2D eigenvalue weighted by Gasteiger charge is -2.02. The molecule has 0 radical (unpaired) electrons. The predicted molar refractivity (Wildman–Crippen MR) is 85.7 cm³/mol. The normalized spacial score (nSPS) is 10.8. The maximum absolute atomic E-state index is 11.4. The molecule has 1 aromatic heterocycles. The number of ether oxygens (including phenoxy) is 1. The van der Waals surface area contributed by atoms with Gasteiger partial charge in [-0.15, -0.1) is 0 Å². The lowest BCUT2D eigenvalue weighted by molar-refractivity contribution is 0.102. The largest absolute Gasteiger partial charge is 0.494 e. The van der Waals surface area contributed by atoms with E-state index in [4.69, 9.17) is 4.74 Å². The average molecular weight is 303 g/mol. The van der Waals surface area contributed by atoms with Crippen LogP contribution in [0.5, 0.6) is 5.75 Å². The van der Waals surface area contributed by atoms with Crippen LogP contribution in [-0.4, -0.2) is 23.6 Å². The van der Waals surface area contributed by atoms with E-state index in [1.807, 2.05) is 38.1 Å². The van der Waals surface area contributed by atoms with Crippen LogP contribution in [-0.2, 0) is 0 Å². The fourth-order valence-electron chi connectivity index (χ4n) is 1.78. The van der Waals surface area contributed by atoms with Gasteiger partial charge in [-0.2, -0.15) is 5.10 Å². The maximum atomic E-state index is 11.4. The highest BCUT2D eigenvalue weighted by molar-refractivity contribution is 7.17. The first kappa shape index (κ1) is 15.2. The molecule has 0 bridgehead atoms. The number of nitrogens with zero attached hydrogens (tertiary/aromatic N) is 2. The highest BCUT2D eigenvalue weighted by Gasteiger charge is 2.10. The zero-order valence-electron chi connectivity index (χ0n) is 12.2. The lowest BCUT2D eigenvalue weighted by Crippen LogP contribution is -1.93. The van der Waals surface area contributed by atoms with Gasteiger partial charge in [0.25, 0.3) is 0 Å². The Bertz CT molecular complexity index is 665. The first-order valence-corrected chi connectivity index (χ1v) is 7.42. The fourth-order valence-corrected chi connectivity index (χ4v) is 2.60. The van der Waals surface area contributed by atoms with E-state index in [-0.39, 0.29) is 5.78 Å². The number of carbonyl (C=O) groups excluding carboxylic acids is 1. The fraction of sp³-hybridized carbons (Fsp3) is 0.267. The van der Waals surface area contributed by atoms with Gasteiger partial charge in [0.05, 0.1) is 23.4 Å². The first-order valence-electron chi connectivity index (χ1n) is 6.60. The van der Waals surface area contributed by atoms with Gasteiger partial charge in [-0.1, -0.05) is 23.5 Å². The van der Waals surface area contributed by atoms with Crippen molar-refractivity contribution in [3.8, 4) is 5.75 Å². The summed E-state index contributed by atoms with van der Waals surface area (Å²) < 4.78 is 5.43. The van der Waals surface area contributed by atoms with Crippen molar-refractivity contribution in [2.24, 2.45) is 5.10 Å². The number of ketones is 1. The van der Waals surface area contributed by atoms with Crippen LogP contribution in [0, 0.1) is 6.92 Å². The summed E-state index contributed by atoms with van der Waals surface area (Å²) in [6.45, 7) is 5.92. The van der Waals surface area contributed by atoms with Crippen molar-refractivity contribution in [2.75, 3.05) is 12.0 Å². The van der Waals surface area contributed by atoms with Crippen LogP contribution >= 0.6 is 11.3 Å². The van der Waals surface area contributed by atoms with Gasteiger partial charge >= 0.3 is 0 Å². The molecule has 0 unspecified atom stereocenters. The average Bonchev–Trinajstić information content (AvgIpc) is 2.81. The number of hydrazone groups is 1. The van der Waals surface area contributed by atoms with Gasteiger partial charge in [-0.3, -0.25) is 10.2 Å². The third-order valence-corrected chi connectivity index (χ3v) is 3.82. The van der Waals surface area contributed by atoms with Crippen molar-refractivity contribution >= 4 is 28.5 Å². The van der Waals surface area contributed by atoms with E-state index in [9.17, 15) is 4.79 Å². The van der Waals surface area contributed by atoms with Gasteiger partial charge in [0.2, 0.25) is 5.13 Å². The summed E-state index contributed by atoms with van der Waals surface area (Å²) in [7, 11) is 0. The molecule has 0 aliphatic rings. The Balaban J connectivity index is 2.03. The number of hydrogen-bond acceptors (Lipinski definition) is 6. The molecular weight excluding hydrogens is 286 g/mol. The van der Waals surface area contributed by atoms with Crippen LogP contribution in [0.25, 0.3) is 0 Å². The summed E-state index contributed by atoms with van der Waals surface area (Å²) in [5.74, 6) is 0.830. The molecule has 1 N–H and O–H groups in total. The molecule has 21 heavy (non-hydrogen) atoms. The van der Waals surface area contributed by atoms with Gasteiger partial charge in [0.1, 0.15) is 5.75 Å². The molecule has 0 aliphatic heterocycles. The monoisotopic (exact) mass is 303 g/mol. The standard InChI is InChI=1S/C15H17N3O2S/c1-4-20-13-7-5-6-12(8-13)9-16-18-15-17-10(2)14(21-15)11(3)19/h5-9H,4H2,1-3H3,(H,17,18)/b16-9+. The highest BCUT2D eigenvalue weighted by Crippen LogP contribution is 2.22. The Labute approximate surface area is 127 Å². The van der Waals surface area contributed by atoms with Crippen LogP contribution in [0.15, 0.2) is 29.4 Å². The van der Waals surface area contributed by atoms with Gasteiger partial charge in [0, 0.05) is 6.92 Å². The van der Waals surface area contributed by atoms with Crippen LogP contribution in [0.2, 0.25) is 0 Å². The first-order chi connectivity index (χ1) is 10.1. The molecule has 1 heterocycles. The molecule has 5 nitrogen and oxygen atoms in total. The molecule has 0 atom stereocenters. The van der Waals surface area contributed by atoms with Gasteiger partial charge in [-0.25, -0.2) is 4.98 Å². The van der Waals surface area contributed by atoms with Crippen molar-refractivity contribution in [1.82, 2.24) is 4.98 Å². The number of aromatic nitrogens is 1. The van der Waals surface area contributed by atoms with E-state index in [0.29, 0.717) is 16.6 Å². The second kappa shape index (κ2) is 6.99. The molecule has 0 aliphatic carbocycles. The molecule has 0 spiro atoms. The third kappa shape index (κ3) is 4.13. The summed E-state index contributed by atoms with van der Waals surface area (Å²) in [5, 5.41) is 4.74.